The number of rotatable bonds is 12. The van der Waals surface area contributed by atoms with Crippen LogP contribution in [0.15, 0.2) is 52.1 Å². The number of hydrogen-bond acceptors (Lipinski definition) is 4. The summed E-state index contributed by atoms with van der Waals surface area (Å²) in [6.45, 7) is 13.3. The molecule has 1 atom stereocenters. The van der Waals surface area contributed by atoms with Crippen LogP contribution in [0.25, 0.3) is 0 Å². The molecule has 1 heterocycles. The highest BCUT2D eigenvalue weighted by Crippen LogP contribution is 2.13. The van der Waals surface area contributed by atoms with Crippen LogP contribution in [-0.2, 0) is 6.54 Å². The number of nitrogens with zero attached hydrogens (tertiary/aromatic N) is 2. The Balaban J connectivity index is 0.00000512. The summed E-state index contributed by atoms with van der Waals surface area (Å²) in [4.78, 5) is 19.3. The lowest BCUT2D eigenvalue weighted by molar-refractivity contribution is 0.0996. The number of hydrogen-bond donors (Lipinski definition) is 3. The second kappa shape index (κ2) is 15.7. The largest absolute Gasteiger partial charge is 0.459 e. The van der Waals surface area contributed by atoms with E-state index in [-0.39, 0.29) is 35.6 Å². The van der Waals surface area contributed by atoms with Crippen LogP contribution in [0.2, 0.25) is 0 Å². The van der Waals surface area contributed by atoms with Gasteiger partial charge in [-0.2, -0.15) is 0 Å². The average Bonchev–Trinajstić information content (AvgIpc) is 3.31. The minimum absolute atomic E-state index is 0. The zero-order chi connectivity index (χ0) is 22.5. The minimum Gasteiger partial charge on any atom is -0.459 e. The highest BCUT2D eigenvalue weighted by atomic mass is 127. The fourth-order valence-corrected chi connectivity index (χ4v) is 3.30. The molecule has 1 aromatic carbocycles. The molecule has 1 unspecified atom stereocenters. The number of benzene rings is 1. The third-order valence-corrected chi connectivity index (χ3v) is 5.08. The lowest BCUT2D eigenvalue weighted by Gasteiger charge is -2.21. The van der Waals surface area contributed by atoms with Gasteiger partial charge in [0.1, 0.15) is 0 Å². The lowest BCUT2D eigenvalue weighted by atomic mass is 10.2. The molecule has 7 nitrogen and oxygen atoms in total. The summed E-state index contributed by atoms with van der Waals surface area (Å²) in [7, 11) is 0. The van der Waals surface area contributed by atoms with E-state index in [9.17, 15) is 4.79 Å². The molecule has 2 rings (SSSR count). The average molecular weight is 556 g/mol. The first-order valence-electron chi connectivity index (χ1n) is 11.3. The SMILES string of the molecule is CCNC(=NCc1cccc(NC(=O)c2ccco2)c1)NC(C)CCCN(CC)CC.I. The Morgan fingerprint density at radius 3 is 2.59 bits per heavy atom. The summed E-state index contributed by atoms with van der Waals surface area (Å²) in [6, 6.07) is 11.4. The van der Waals surface area contributed by atoms with Crippen molar-refractivity contribution in [1.82, 2.24) is 15.5 Å². The van der Waals surface area contributed by atoms with Gasteiger partial charge in [-0.3, -0.25) is 4.79 Å². The molecule has 0 fully saturated rings. The van der Waals surface area contributed by atoms with Crippen LogP contribution >= 0.6 is 24.0 Å². The van der Waals surface area contributed by atoms with E-state index >= 15 is 0 Å². The summed E-state index contributed by atoms with van der Waals surface area (Å²) < 4.78 is 5.14. The van der Waals surface area contributed by atoms with Gasteiger partial charge in [0.25, 0.3) is 5.91 Å². The fraction of sp³-hybridized carbons (Fsp3) is 0.500. The van der Waals surface area contributed by atoms with Gasteiger partial charge in [-0.05, 0) is 76.2 Å². The zero-order valence-corrected chi connectivity index (χ0v) is 22.0. The summed E-state index contributed by atoms with van der Waals surface area (Å²) in [6.07, 6.45) is 3.74. The van der Waals surface area contributed by atoms with E-state index in [0.717, 1.165) is 56.2 Å². The third kappa shape index (κ3) is 10.0. The highest BCUT2D eigenvalue weighted by Gasteiger charge is 2.09. The van der Waals surface area contributed by atoms with Gasteiger partial charge < -0.3 is 25.3 Å². The third-order valence-electron chi connectivity index (χ3n) is 5.08. The molecule has 0 aliphatic heterocycles. The molecule has 0 aliphatic rings. The molecule has 0 spiro atoms. The summed E-state index contributed by atoms with van der Waals surface area (Å²) >= 11 is 0. The van der Waals surface area contributed by atoms with Crippen molar-refractivity contribution in [1.29, 1.82) is 0 Å². The Bertz CT molecular complexity index is 806. The van der Waals surface area contributed by atoms with E-state index in [0.29, 0.717) is 12.6 Å². The lowest BCUT2D eigenvalue weighted by Crippen LogP contribution is -2.42. The smallest absolute Gasteiger partial charge is 0.291 e. The standard InChI is InChI=1S/C24H37N5O2.HI/c1-5-25-24(27-19(4)11-9-15-29(6-2)7-3)26-18-20-12-8-13-21(17-20)28-23(30)22-14-10-16-31-22;/h8,10,12-14,16-17,19H,5-7,9,11,15,18H2,1-4H3,(H,28,30)(H2,25,26,27);1H. The van der Waals surface area contributed by atoms with E-state index in [1.165, 1.54) is 6.26 Å². The van der Waals surface area contributed by atoms with Crippen molar-refractivity contribution < 1.29 is 9.21 Å². The summed E-state index contributed by atoms with van der Waals surface area (Å²) in [5.41, 5.74) is 1.74. The number of furan rings is 1. The van der Waals surface area contributed by atoms with E-state index in [2.05, 4.69) is 48.5 Å². The molecule has 2 aromatic rings. The molecule has 178 valence electrons. The Labute approximate surface area is 209 Å². The summed E-state index contributed by atoms with van der Waals surface area (Å²) in [5.74, 6) is 0.832. The van der Waals surface area contributed by atoms with Crippen molar-refractivity contribution in [2.75, 3.05) is 31.5 Å². The Morgan fingerprint density at radius 1 is 1.16 bits per heavy atom. The first-order valence-corrected chi connectivity index (χ1v) is 11.3. The zero-order valence-electron chi connectivity index (χ0n) is 19.7. The van der Waals surface area contributed by atoms with Crippen molar-refractivity contribution in [3.8, 4) is 0 Å². The topological polar surface area (TPSA) is 81.9 Å². The van der Waals surface area contributed by atoms with Gasteiger partial charge >= 0.3 is 0 Å². The van der Waals surface area contributed by atoms with Crippen LogP contribution in [0.5, 0.6) is 0 Å². The number of halogens is 1. The van der Waals surface area contributed by atoms with Crippen LogP contribution in [-0.4, -0.2) is 49.0 Å². The molecule has 1 aromatic heterocycles. The highest BCUT2D eigenvalue weighted by molar-refractivity contribution is 14.0. The van der Waals surface area contributed by atoms with E-state index in [1.54, 1.807) is 12.1 Å². The van der Waals surface area contributed by atoms with Crippen LogP contribution < -0.4 is 16.0 Å². The molecule has 0 saturated carbocycles. The fourth-order valence-electron chi connectivity index (χ4n) is 3.30. The van der Waals surface area contributed by atoms with Gasteiger partial charge in [-0.25, -0.2) is 4.99 Å². The van der Waals surface area contributed by atoms with Gasteiger partial charge in [0.15, 0.2) is 11.7 Å². The first-order chi connectivity index (χ1) is 15.0. The molecule has 0 aliphatic carbocycles. The Morgan fingerprint density at radius 2 is 1.94 bits per heavy atom. The quantitative estimate of drug-likeness (QED) is 0.201. The van der Waals surface area contributed by atoms with Crippen LogP contribution in [0.3, 0.4) is 0 Å². The maximum absolute atomic E-state index is 12.2. The molecule has 32 heavy (non-hydrogen) atoms. The molecule has 0 radical (unpaired) electrons. The second-order valence-electron chi connectivity index (χ2n) is 7.54. The monoisotopic (exact) mass is 555 g/mol. The number of amides is 1. The van der Waals surface area contributed by atoms with Gasteiger partial charge in [0, 0.05) is 18.3 Å². The van der Waals surface area contributed by atoms with Crippen molar-refractivity contribution in [2.45, 2.75) is 53.1 Å². The number of aliphatic imine (C=N–C) groups is 1. The van der Waals surface area contributed by atoms with Crippen LogP contribution in [0.1, 0.15) is 56.7 Å². The van der Waals surface area contributed by atoms with Crippen molar-refractivity contribution in [3.63, 3.8) is 0 Å². The summed E-state index contributed by atoms with van der Waals surface area (Å²) in [5, 5.41) is 9.67. The molecule has 0 bridgehead atoms. The molecule has 0 saturated heterocycles. The number of carbonyl (C=O) groups excluding carboxylic acids is 1. The molecule has 1 amide bonds. The normalized spacial score (nSPS) is 12.2. The predicted molar refractivity (Wildman–Crippen MR) is 143 cm³/mol. The van der Waals surface area contributed by atoms with E-state index in [1.807, 2.05) is 24.3 Å². The number of carbonyl (C=O) groups is 1. The molecule has 3 N–H and O–H groups in total. The number of nitrogens with one attached hydrogen (secondary N) is 3. The second-order valence-corrected chi connectivity index (χ2v) is 7.54. The minimum atomic E-state index is -0.265. The van der Waals surface area contributed by atoms with Crippen molar-refractivity contribution >= 4 is 41.5 Å². The number of anilines is 1. The maximum atomic E-state index is 12.2. The van der Waals surface area contributed by atoms with Crippen LogP contribution in [0.4, 0.5) is 5.69 Å². The molecular formula is C24H38IN5O2. The maximum Gasteiger partial charge on any atom is 0.291 e. The van der Waals surface area contributed by atoms with E-state index < -0.39 is 0 Å². The van der Waals surface area contributed by atoms with Gasteiger partial charge in [-0.15, -0.1) is 24.0 Å². The van der Waals surface area contributed by atoms with Gasteiger partial charge in [0.05, 0.1) is 12.8 Å². The van der Waals surface area contributed by atoms with E-state index in [4.69, 9.17) is 9.41 Å². The first kappa shape index (κ1) is 28.0. The van der Waals surface area contributed by atoms with Crippen molar-refractivity contribution in [2.24, 2.45) is 4.99 Å². The predicted octanol–water partition coefficient (Wildman–Crippen LogP) is 4.72. The van der Waals surface area contributed by atoms with Crippen LogP contribution in [0, 0.1) is 0 Å². The Hall–Kier alpha value is -2.07. The van der Waals surface area contributed by atoms with Gasteiger partial charge in [-0.1, -0.05) is 26.0 Å². The molecular weight excluding hydrogens is 517 g/mol. The van der Waals surface area contributed by atoms with Crippen molar-refractivity contribution in [3.05, 3.63) is 54.0 Å². The molecule has 8 heteroatoms. The Kier molecular flexibility index (Phi) is 13.7. The van der Waals surface area contributed by atoms with Gasteiger partial charge in [0.2, 0.25) is 0 Å². The number of guanidine groups is 1.